The number of aromatic amines is 1. The molecule has 2 heterocycles. The van der Waals surface area contributed by atoms with E-state index in [9.17, 15) is 4.79 Å². The van der Waals surface area contributed by atoms with Gasteiger partial charge in [-0.2, -0.15) is 5.26 Å². The Labute approximate surface area is 191 Å². The molecule has 0 bridgehead atoms. The van der Waals surface area contributed by atoms with Gasteiger partial charge >= 0.3 is 0 Å². The number of nitrogens with zero attached hydrogens (tertiary/aromatic N) is 3. The van der Waals surface area contributed by atoms with Crippen molar-refractivity contribution in [3.05, 3.63) is 87.5 Å². The molecule has 2 N–H and O–H groups in total. The Morgan fingerprint density at radius 1 is 1.22 bits per heavy atom. The number of amides is 1. The van der Waals surface area contributed by atoms with E-state index in [0.717, 1.165) is 40.6 Å². The zero-order chi connectivity index (χ0) is 22.3. The summed E-state index contributed by atoms with van der Waals surface area (Å²) in [6, 6.07) is 15.1. The smallest absolute Gasteiger partial charge is 0.255 e. The number of H-pyrrole nitrogens is 1. The number of rotatable bonds is 4. The summed E-state index contributed by atoms with van der Waals surface area (Å²) >= 11 is 3.42. The molecule has 6 nitrogen and oxygen atoms in total. The Hall–Kier alpha value is -3.57. The van der Waals surface area contributed by atoms with Crippen LogP contribution in [0.4, 0.5) is 10.1 Å². The lowest BCUT2D eigenvalue weighted by molar-refractivity contribution is 0.102. The largest absolute Gasteiger partial charge is 0.340 e. The predicted molar refractivity (Wildman–Crippen MR) is 122 cm³/mol. The minimum absolute atomic E-state index is 0.0887. The lowest BCUT2D eigenvalue weighted by atomic mass is 9.64. The van der Waals surface area contributed by atoms with Gasteiger partial charge in [-0.15, -0.1) is 0 Å². The Morgan fingerprint density at radius 3 is 2.78 bits per heavy atom. The third kappa shape index (κ3) is 3.45. The van der Waals surface area contributed by atoms with Gasteiger partial charge in [-0.25, -0.2) is 14.4 Å². The fourth-order valence-electron chi connectivity index (χ4n) is 4.13. The van der Waals surface area contributed by atoms with Gasteiger partial charge in [-0.05, 0) is 70.7 Å². The number of carbonyl (C=O) groups excluding carboxylic acids is 1. The first-order valence-corrected chi connectivity index (χ1v) is 10.9. The first-order chi connectivity index (χ1) is 15.5. The quantitative estimate of drug-likeness (QED) is 0.398. The topological polar surface area (TPSA) is 94.5 Å². The molecule has 5 rings (SSSR count). The van der Waals surface area contributed by atoms with Crippen LogP contribution in [0.5, 0.6) is 0 Å². The van der Waals surface area contributed by atoms with E-state index in [2.05, 4.69) is 36.2 Å². The molecule has 1 saturated carbocycles. The van der Waals surface area contributed by atoms with Gasteiger partial charge in [0.15, 0.2) is 5.65 Å². The third-order valence-electron chi connectivity index (χ3n) is 5.99. The van der Waals surface area contributed by atoms with Crippen molar-refractivity contribution in [3.8, 4) is 6.07 Å². The van der Waals surface area contributed by atoms with Gasteiger partial charge in [0.2, 0.25) is 0 Å². The molecule has 4 aromatic rings. The van der Waals surface area contributed by atoms with Gasteiger partial charge in [-0.3, -0.25) is 4.79 Å². The fourth-order valence-corrected chi connectivity index (χ4v) is 4.46. The zero-order valence-corrected chi connectivity index (χ0v) is 18.4. The van der Waals surface area contributed by atoms with Crippen LogP contribution in [0.25, 0.3) is 11.2 Å². The summed E-state index contributed by atoms with van der Waals surface area (Å²) in [5.41, 5.74) is 2.60. The molecule has 1 aliphatic rings. The molecule has 2 aromatic carbocycles. The number of halogens is 2. The van der Waals surface area contributed by atoms with Crippen LogP contribution in [0.1, 0.15) is 46.6 Å². The number of nitrogens with one attached hydrogen (secondary N) is 2. The van der Waals surface area contributed by atoms with Crippen LogP contribution < -0.4 is 5.32 Å². The Morgan fingerprint density at radius 2 is 2.06 bits per heavy atom. The van der Waals surface area contributed by atoms with Gasteiger partial charge in [0.25, 0.3) is 5.91 Å². The highest BCUT2D eigenvalue weighted by molar-refractivity contribution is 9.10. The first kappa shape index (κ1) is 20.3. The van der Waals surface area contributed by atoms with Gasteiger partial charge in [0, 0.05) is 16.2 Å². The van der Waals surface area contributed by atoms with E-state index in [1.165, 1.54) is 12.1 Å². The van der Waals surface area contributed by atoms with Crippen LogP contribution in [-0.4, -0.2) is 20.9 Å². The molecule has 1 fully saturated rings. The zero-order valence-electron chi connectivity index (χ0n) is 16.8. The number of hydrogen-bond acceptors (Lipinski definition) is 4. The van der Waals surface area contributed by atoms with E-state index >= 15 is 4.39 Å². The SMILES string of the molecule is N#Cc1cccc(C(=O)Nc2ccc(C3(c4nc5ncc(Br)cc5[nH]4)CCC3)cc2F)c1. The fraction of sp³-hybridized carbons (Fsp3) is 0.167. The lowest BCUT2D eigenvalue weighted by Crippen LogP contribution is -2.36. The number of aromatic nitrogens is 3. The minimum atomic E-state index is -0.518. The van der Waals surface area contributed by atoms with Gasteiger partial charge < -0.3 is 10.3 Å². The summed E-state index contributed by atoms with van der Waals surface area (Å²) in [5.74, 6) is -0.217. The highest BCUT2D eigenvalue weighted by atomic mass is 79.9. The van der Waals surface area contributed by atoms with Gasteiger partial charge in [0.1, 0.15) is 11.6 Å². The second-order valence-corrected chi connectivity index (χ2v) is 8.80. The molecule has 0 aliphatic heterocycles. The van der Waals surface area contributed by atoms with Gasteiger partial charge in [-0.1, -0.05) is 18.6 Å². The standard InChI is InChI=1S/C24H17BrFN5O/c25-17-11-20-21(28-13-17)31-23(30-20)24(7-2-8-24)16-5-6-19(18(26)10-16)29-22(32)15-4-1-3-14(9-15)12-27/h1,3-6,9-11,13H,2,7-8H2,(H,29,32)(H,28,30,31). The molecule has 2 aromatic heterocycles. The maximum absolute atomic E-state index is 15.0. The Bertz CT molecular complexity index is 1400. The normalized spacial score (nSPS) is 14.5. The molecule has 32 heavy (non-hydrogen) atoms. The first-order valence-electron chi connectivity index (χ1n) is 10.1. The monoisotopic (exact) mass is 489 g/mol. The van der Waals surface area contributed by atoms with Gasteiger partial charge in [0.05, 0.1) is 28.3 Å². The molecule has 0 atom stereocenters. The van der Waals surface area contributed by atoms with Crippen molar-refractivity contribution < 1.29 is 9.18 Å². The van der Waals surface area contributed by atoms with E-state index in [-0.39, 0.29) is 5.69 Å². The molecular weight excluding hydrogens is 473 g/mol. The van der Waals surface area contributed by atoms with Crippen LogP contribution >= 0.6 is 15.9 Å². The Kier molecular flexibility index (Phi) is 4.98. The minimum Gasteiger partial charge on any atom is -0.340 e. The highest BCUT2D eigenvalue weighted by Crippen LogP contribution is 2.48. The summed E-state index contributed by atoms with van der Waals surface area (Å²) in [6.07, 6.45) is 4.41. The number of carbonyl (C=O) groups is 1. The average molecular weight is 490 g/mol. The molecule has 0 spiro atoms. The van der Waals surface area contributed by atoms with Crippen LogP contribution in [0.3, 0.4) is 0 Å². The van der Waals surface area contributed by atoms with Crippen molar-refractivity contribution in [2.45, 2.75) is 24.7 Å². The summed E-state index contributed by atoms with van der Waals surface area (Å²) < 4.78 is 15.9. The van der Waals surface area contributed by atoms with Crippen molar-refractivity contribution in [2.75, 3.05) is 5.32 Å². The van der Waals surface area contributed by atoms with E-state index in [1.54, 1.807) is 30.5 Å². The number of benzene rings is 2. The highest BCUT2D eigenvalue weighted by Gasteiger charge is 2.43. The number of imidazole rings is 1. The number of pyridine rings is 1. The molecule has 1 amide bonds. The molecule has 0 radical (unpaired) electrons. The van der Waals surface area contributed by atoms with Crippen molar-refractivity contribution in [1.29, 1.82) is 5.26 Å². The van der Waals surface area contributed by atoms with Crippen LogP contribution in [0, 0.1) is 17.1 Å². The predicted octanol–water partition coefficient (Wildman–Crippen LogP) is 5.45. The molecule has 1 aliphatic carbocycles. The number of fused-ring (bicyclic) bond motifs is 1. The maximum atomic E-state index is 15.0. The second kappa shape index (κ2) is 7.84. The third-order valence-corrected chi connectivity index (χ3v) is 6.42. The molecule has 8 heteroatoms. The lowest BCUT2D eigenvalue weighted by Gasteiger charge is -2.40. The van der Waals surface area contributed by atoms with Crippen LogP contribution in [0.2, 0.25) is 0 Å². The summed E-state index contributed by atoms with van der Waals surface area (Å²) in [4.78, 5) is 24.9. The maximum Gasteiger partial charge on any atom is 0.255 e. The molecule has 0 unspecified atom stereocenters. The summed E-state index contributed by atoms with van der Waals surface area (Å²) in [7, 11) is 0. The summed E-state index contributed by atoms with van der Waals surface area (Å²) in [5, 5.41) is 11.6. The van der Waals surface area contributed by atoms with E-state index in [1.807, 2.05) is 18.2 Å². The van der Waals surface area contributed by atoms with Crippen molar-refractivity contribution in [2.24, 2.45) is 0 Å². The van der Waals surface area contributed by atoms with E-state index in [0.29, 0.717) is 16.8 Å². The van der Waals surface area contributed by atoms with Crippen molar-refractivity contribution in [1.82, 2.24) is 15.0 Å². The second-order valence-electron chi connectivity index (χ2n) is 7.89. The van der Waals surface area contributed by atoms with Crippen molar-refractivity contribution >= 4 is 38.7 Å². The number of hydrogen-bond donors (Lipinski definition) is 2. The van der Waals surface area contributed by atoms with Crippen LogP contribution in [0.15, 0.2) is 59.2 Å². The number of nitriles is 1. The number of anilines is 1. The van der Waals surface area contributed by atoms with E-state index in [4.69, 9.17) is 5.26 Å². The molecule has 158 valence electrons. The summed E-state index contributed by atoms with van der Waals surface area (Å²) in [6.45, 7) is 0. The van der Waals surface area contributed by atoms with E-state index < -0.39 is 17.1 Å². The van der Waals surface area contributed by atoms with Crippen LogP contribution in [-0.2, 0) is 5.41 Å². The van der Waals surface area contributed by atoms with Crippen molar-refractivity contribution in [3.63, 3.8) is 0 Å². The molecular formula is C24H17BrFN5O. The Balaban J connectivity index is 1.44. The average Bonchev–Trinajstić information content (AvgIpc) is 3.17. The molecule has 0 saturated heterocycles.